The maximum absolute atomic E-state index is 13.7. The SMILES string of the molecule is C=CC(=O)OC(OCCCCC(F)(F)C(F)(F)S(=O)(=O)O)(C(=O)NC(C)(C)C)C(F)(F)F. The van der Waals surface area contributed by atoms with E-state index < -0.39 is 76.5 Å². The molecule has 2 N–H and O–H groups in total. The van der Waals surface area contributed by atoms with E-state index in [0.717, 1.165) is 0 Å². The average molecular weight is 505 g/mol. The van der Waals surface area contributed by atoms with E-state index in [1.165, 1.54) is 20.8 Å². The van der Waals surface area contributed by atoms with Gasteiger partial charge in [-0.3, -0.25) is 9.35 Å². The molecule has 0 radical (unpaired) electrons. The van der Waals surface area contributed by atoms with E-state index in [0.29, 0.717) is 6.08 Å². The lowest BCUT2D eigenvalue weighted by Gasteiger charge is -2.35. The molecule has 188 valence electrons. The van der Waals surface area contributed by atoms with Crippen LogP contribution in [-0.4, -0.2) is 60.1 Å². The van der Waals surface area contributed by atoms with Crippen LogP contribution in [-0.2, 0) is 29.2 Å². The number of rotatable bonds is 11. The Bertz CT molecular complexity index is 807. The van der Waals surface area contributed by atoms with Crippen LogP contribution in [0.2, 0.25) is 0 Å². The van der Waals surface area contributed by atoms with E-state index in [4.69, 9.17) is 4.55 Å². The molecule has 8 nitrogen and oxygen atoms in total. The highest BCUT2D eigenvalue weighted by Gasteiger charge is 2.67. The summed E-state index contributed by atoms with van der Waals surface area (Å²) in [6.07, 6.45) is -9.09. The van der Waals surface area contributed by atoms with Crippen molar-refractivity contribution in [3.63, 3.8) is 0 Å². The number of amides is 1. The van der Waals surface area contributed by atoms with Crippen molar-refractivity contribution in [1.29, 1.82) is 0 Å². The Morgan fingerprint density at radius 3 is 1.91 bits per heavy atom. The number of hydrogen-bond acceptors (Lipinski definition) is 6. The third kappa shape index (κ3) is 7.30. The van der Waals surface area contributed by atoms with E-state index >= 15 is 0 Å². The van der Waals surface area contributed by atoms with Crippen LogP contribution in [0.4, 0.5) is 30.7 Å². The molecule has 0 saturated heterocycles. The molecule has 0 aliphatic carbocycles. The molecule has 0 aliphatic heterocycles. The first kappa shape index (κ1) is 30.1. The molecular formula is C16H22F7NO7S. The second kappa shape index (κ2) is 9.91. The van der Waals surface area contributed by atoms with E-state index in [2.05, 4.69) is 16.1 Å². The van der Waals surface area contributed by atoms with Crippen LogP contribution < -0.4 is 5.32 Å². The number of hydrogen-bond donors (Lipinski definition) is 2. The normalized spacial score (nSPS) is 15.6. The number of ether oxygens (including phenoxy) is 2. The summed E-state index contributed by atoms with van der Waals surface area (Å²) < 4.78 is 132. The maximum atomic E-state index is 13.7. The van der Waals surface area contributed by atoms with Crippen molar-refractivity contribution in [2.24, 2.45) is 0 Å². The van der Waals surface area contributed by atoms with Gasteiger partial charge in [-0.2, -0.15) is 39.2 Å². The number of halogens is 7. The fourth-order valence-electron chi connectivity index (χ4n) is 2.02. The highest BCUT2D eigenvalue weighted by molar-refractivity contribution is 7.87. The zero-order valence-corrected chi connectivity index (χ0v) is 17.9. The van der Waals surface area contributed by atoms with Crippen LogP contribution in [0.25, 0.3) is 0 Å². The Hall–Kier alpha value is -1.94. The first-order valence-corrected chi connectivity index (χ1v) is 10.1. The summed E-state index contributed by atoms with van der Waals surface area (Å²) >= 11 is 0. The summed E-state index contributed by atoms with van der Waals surface area (Å²) in [5.41, 5.74) is -1.26. The minimum Gasteiger partial charge on any atom is -0.412 e. The quantitative estimate of drug-likeness (QED) is 0.111. The largest absolute Gasteiger partial charge is 0.466 e. The molecule has 0 heterocycles. The summed E-state index contributed by atoms with van der Waals surface area (Å²) in [5, 5.41) is -3.96. The van der Waals surface area contributed by atoms with Crippen LogP contribution in [0.1, 0.15) is 40.0 Å². The van der Waals surface area contributed by atoms with E-state index in [1.807, 2.05) is 5.32 Å². The van der Waals surface area contributed by atoms with Gasteiger partial charge in [0.05, 0.1) is 6.61 Å². The first-order valence-electron chi connectivity index (χ1n) is 8.65. The van der Waals surface area contributed by atoms with E-state index in [1.54, 1.807) is 0 Å². The molecule has 0 aliphatic rings. The number of esters is 1. The van der Waals surface area contributed by atoms with Crippen molar-refractivity contribution < 1.29 is 62.8 Å². The zero-order chi connectivity index (χ0) is 25.8. The van der Waals surface area contributed by atoms with Crippen LogP contribution in [0.3, 0.4) is 0 Å². The topological polar surface area (TPSA) is 119 Å². The molecule has 16 heteroatoms. The van der Waals surface area contributed by atoms with Gasteiger partial charge in [0, 0.05) is 18.0 Å². The number of carbonyl (C=O) groups is 2. The standard InChI is InChI=1S/C16H22F7NO7S/c1-5-10(25)31-14(15(19,20)21,11(26)24-12(2,3)4)30-9-7-6-8-13(17,18)16(22,23)32(27,28)29/h5H,1,6-9H2,2-4H3,(H,24,26)(H,27,28,29). The van der Waals surface area contributed by atoms with Gasteiger partial charge in [0.25, 0.3) is 0 Å². The minimum absolute atomic E-state index is 0.298. The lowest BCUT2D eigenvalue weighted by atomic mass is 10.1. The molecular weight excluding hydrogens is 483 g/mol. The Labute approximate surface area is 178 Å². The van der Waals surface area contributed by atoms with Crippen LogP contribution in [0, 0.1) is 0 Å². The van der Waals surface area contributed by atoms with Crippen LogP contribution >= 0.6 is 0 Å². The van der Waals surface area contributed by atoms with Gasteiger partial charge >= 0.3 is 45.1 Å². The Morgan fingerprint density at radius 1 is 1.03 bits per heavy atom. The highest BCUT2D eigenvalue weighted by atomic mass is 32.2. The predicted octanol–water partition coefficient (Wildman–Crippen LogP) is 3.19. The summed E-state index contributed by atoms with van der Waals surface area (Å²) in [6, 6.07) is 0. The summed E-state index contributed by atoms with van der Waals surface area (Å²) in [6.45, 7) is 5.56. The molecule has 0 aromatic carbocycles. The molecule has 0 aromatic heterocycles. The first-order chi connectivity index (χ1) is 14.0. The molecule has 0 aromatic rings. The average Bonchev–Trinajstić information content (AvgIpc) is 2.56. The van der Waals surface area contributed by atoms with Crippen LogP contribution in [0.5, 0.6) is 0 Å². The zero-order valence-electron chi connectivity index (χ0n) is 17.1. The number of nitrogens with one attached hydrogen (secondary N) is 1. The third-order valence-corrected chi connectivity index (χ3v) is 4.46. The van der Waals surface area contributed by atoms with Crippen LogP contribution in [0.15, 0.2) is 12.7 Å². The van der Waals surface area contributed by atoms with Gasteiger partial charge in [0.15, 0.2) is 0 Å². The molecule has 0 spiro atoms. The fraction of sp³-hybridized carbons (Fsp3) is 0.750. The van der Waals surface area contributed by atoms with E-state index in [-0.39, 0.29) is 0 Å². The number of alkyl halides is 7. The van der Waals surface area contributed by atoms with Gasteiger partial charge in [-0.15, -0.1) is 0 Å². The van der Waals surface area contributed by atoms with Gasteiger partial charge < -0.3 is 14.8 Å². The lowest BCUT2D eigenvalue weighted by Crippen LogP contribution is -2.64. The smallest absolute Gasteiger partial charge is 0.412 e. The molecule has 1 atom stereocenters. The van der Waals surface area contributed by atoms with Gasteiger partial charge in [0.2, 0.25) is 0 Å². The molecule has 0 rings (SSSR count). The molecule has 0 saturated carbocycles. The van der Waals surface area contributed by atoms with Gasteiger partial charge in [-0.25, -0.2) is 4.79 Å². The van der Waals surface area contributed by atoms with E-state index in [9.17, 15) is 48.7 Å². The van der Waals surface area contributed by atoms with Crippen molar-refractivity contribution in [2.45, 2.75) is 68.7 Å². The van der Waals surface area contributed by atoms with Crippen molar-refractivity contribution in [3.8, 4) is 0 Å². The third-order valence-electron chi connectivity index (χ3n) is 3.51. The van der Waals surface area contributed by atoms with Crippen molar-refractivity contribution in [2.75, 3.05) is 6.61 Å². The molecule has 0 bridgehead atoms. The Balaban J connectivity index is 5.55. The monoisotopic (exact) mass is 505 g/mol. The van der Waals surface area contributed by atoms with Gasteiger partial charge in [-0.05, 0) is 33.6 Å². The van der Waals surface area contributed by atoms with Gasteiger partial charge in [0.1, 0.15) is 0 Å². The van der Waals surface area contributed by atoms with Gasteiger partial charge in [-0.1, -0.05) is 6.58 Å². The molecule has 1 unspecified atom stereocenters. The van der Waals surface area contributed by atoms with Crippen molar-refractivity contribution in [1.82, 2.24) is 5.32 Å². The maximum Gasteiger partial charge on any atom is 0.466 e. The molecule has 0 fully saturated rings. The fourth-order valence-corrected chi connectivity index (χ4v) is 2.49. The van der Waals surface area contributed by atoms with Crippen molar-refractivity contribution in [3.05, 3.63) is 12.7 Å². The lowest BCUT2D eigenvalue weighted by molar-refractivity contribution is -0.347. The second-order valence-electron chi connectivity index (χ2n) is 7.45. The number of carbonyl (C=O) groups excluding carboxylic acids is 2. The Kier molecular flexibility index (Phi) is 9.31. The second-order valence-corrected chi connectivity index (χ2v) is 8.91. The summed E-state index contributed by atoms with van der Waals surface area (Å²) in [4.78, 5) is 23.7. The minimum atomic E-state index is -6.47. The Morgan fingerprint density at radius 2 is 1.53 bits per heavy atom. The summed E-state index contributed by atoms with van der Waals surface area (Å²) in [7, 11) is -6.47. The predicted molar refractivity (Wildman–Crippen MR) is 94.2 cm³/mol. The molecule has 32 heavy (non-hydrogen) atoms. The number of unbranched alkanes of at least 4 members (excludes halogenated alkanes) is 1. The highest BCUT2D eigenvalue weighted by Crippen LogP contribution is 2.42. The summed E-state index contributed by atoms with van der Waals surface area (Å²) in [5.74, 6) is -13.2. The molecule has 1 amide bonds. The van der Waals surface area contributed by atoms with Crippen molar-refractivity contribution >= 4 is 22.0 Å².